The van der Waals surface area contributed by atoms with E-state index in [2.05, 4.69) is 0 Å². The molecule has 0 aliphatic rings. The van der Waals surface area contributed by atoms with Gasteiger partial charge in [0.15, 0.2) is 0 Å². The lowest BCUT2D eigenvalue weighted by Gasteiger charge is -2.21. The van der Waals surface area contributed by atoms with Gasteiger partial charge in [-0.3, -0.25) is 0 Å². The molecule has 32 heavy (non-hydrogen) atoms. The minimum absolute atomic E-state index is 0.0398. The van der Waals surface area contributed by atoms with Gasteiger partial charge in [0.2, 0.25) is 0 Å². The van der Waals surface area contributed by atoms with Crippen molar-refractivity contribution in [3.8, 4) is 0 Å². The number of carbonyl (C=O) groups excluding carboxylic acids is 2. The van der Waals surface area contributed by atoms with Crippen molar-refractivity contribution in [2.75, 3.05) is 13.1 Å². The standard InChI is InChI=1S/C20H26N4O6S2/c21-19(25)23(31(27,28)17-11-5-3-6-12-17)15-9-1-2-10-16-24(20(22)26)32(29,30)18-13-7-4-8-14-18/h3-8,11-14H,1-2,9-10,15-16H2,(H2,21,25)(H2,22,26). The van der Waals surface area contributed by atoms with Gasteiger partial charge in [-0.05, 0) is 37.1 Å². The van der Waals surface area contributed by atoms with Crippen LogP contribution in [0, 0.1) is 0 Å². The van der Waals surface area contributed by atoms with E-state index < -0.39 is 32.1 Å². The molecule has 4 N–H and O–H groups in total. The third-order valence-corrected chi connectivity index (χ3v) is 8.25. The molecule has 0 heterocycles. The third kappa shape index (κ3) is 6.20. The molecule has 174 valence electrons. The Bertz CT molecular complexity index is 1030. The van der Waals surface area contributed by atoms with E-state index in [0.717, 1.165) is 0 Å². The van der Waals surface area contributed by atoms with Gasteiger partial charge in [-0.1, -0.05) is 49.2 Å². The Balaban J connectivity index is 1.90. The highest BCUT2D eigenvalue weighted by Gasteiger charge is 2.28. The summed E-state index contributed by atoms with van der Waals surface area (Å²) in [5, 5.41) is 0. The predicted molar refractivity (Wildman–Crippen MR) is 118 cm³/mol. The molecule has 4 amide bonds. The number of unbranched alkanes of at least 4 members (excludes halogenated alkanes) is 3. The summed E-state index contributed by atoms with van der Waals surface area (Å²) in [7, 11) is -8.12. The topological polar surface area (TPSA) is 161 Å². The lowest BCUT2D eigenvalue weighted by atomic mass is 10.2. The van der Waals surface area contributed by atoms with Crippen molar-refractivity contribution in [2.24, 2.45) is 11.5 Å². The second kappa shape index (κ2) is 11.0. The molecular weight excluding hydrogens is 456 g/mol. The highest BCUT2D eigenvalue weighted by molar-refractivity contribution is 7.90. The molecule has 0 aromatic heterocycles. The molecule has 0 aliphatic carbocycles. The van der Waals surface area contributed by atoms with Gasteiger partial charge in [0.1, 0.15) is 0 Å². The molecule has 0 bridgehead atoms. The number of amides is 4. The number of carbonyl (C=O) groups is 2. The average Bonchev–Trinajstić information content (AvgIpc) is 2.76. The summed E-state index contributed by atoms with van der Waals surface area (Å²) in [6, 6.07) is 12.8. The van der Waals surface area contributed by atoms with Gasteiger partial charge in [-0.2, -0.15) is 0 Å². The highest BCUT2D eigenvalue weighted by Crippen LogP contribution is 2.18. The van der Waals surface area contributed by atoms with Crippen molar-refractivity contribution in [1.29, 1.82) is 0 Å². The maximum Gasteiger partial charge on any atom is 0.328 e. The highest BCUT2D eigenvalue weighted by atomic mass is 32.2. The van der Waals surface area contributed by atoms with Crippen LogP contribution in [0.25, 0.3) is 0 Å². The van der Waals surface area contributed by atoms with Crippen molar-refractivity contribution in [3.05, 3.63) is 60.7 Å². The first-order chi connectivity index (χ1) is 15.1. The molecule has 0 radical (unpaired) electrons. The number of nitrogens with zero attached hydrogens (tertiary/aromatic N) is 2. The van der Waals surface area contributed by atoms with E-state index >= 15 is 0 Å². The van der Waals surface area contributed by atoms with Gasteiger partial charge in [0, 0.05) is 13.1 Å². The molecule has 10 nitrogen and oxygen atoms in total. The number of hydrogen-bond donors (Lipinski definition) is 2. The summed E-state index contributed by atoms with van der Waals surface area (Å²) in [5.41, 5.74) is 10.5. The second-order valence-electron chi connectivity index (χ2n) is 6.87. The number of rotatable bonds is 11. The van der Waals surface area contributed by atoms with Crippen molar-refractivity contribution in [3.63, 3.8) is 0 Å². The van der Waals surface area contributed by atoms with Crippen LogP contribution in [0.5, 0.6) is 0 Å². The normalized spacial score (nSPS) is 11.6. The van der Waals surface area contributed by atoms with E-state index in [0.29, 0.717) is 34.3 Å². The van der Waals surface area contributed by atoms with Crippen molar-refractivity contribution < 1.29 is 26.4 Å². The molecule has 0 saturated carbocycles. The van der Waals surface area contributed by atoms with Crippen LogP contribution in [0.1, 0.15) is 25.7 Å². The SMILES string of the molecule is NC(=O)N(CCCCCCN(C(N)=O)S(=O)(=O)c1ccccc1)S(=O)(=O)c1ccccc1. The zero-order chi connectivity index (χ0) is 23.8. The Hall–Kier alpha value is -3.12. The molecule has 2 aromatic rings. The van der Waals surface area contributed by atoms with Crippen LogP contribution < -0.4 is 11.5 Å². The van der Waals surface area contributed by atoms with E-state index in [9.17, 15) is 26.4 Å². The summed E-state index contributed by atoms with van der Waals surface area (Å²) < 4.78 is 51.6. The molecular formula is C20H26N4O6S2. The Morgan fingerprint density at radius 1 is 0.594 bits per heavy atom. The fourth-order valence-electron chi connectivity index (χ4n) is 3.00. The Morgan fingerprint density at radius 3 is 1.19 bits per heavy atom. The van der Waals surface area contributed by atoms with Crippen molar-refractivity contribution >= 4 is 32.1 Å². The van der Waals surface area contributed by atoms with Crippen molar-refractivity contribution in [2.45, 2.75) is 35.5 Å². The fraction of sp³-hybridized carbons (Fsp3) is 0.300. The lowest BCUT2D eigenvalue weighted by Crippen LogP contribution is -2.41. The second-order valence-corrected chi connectivity index (χ2v) is 10.6. The first-order valence-electron chi connectivity index (χ1n) is 9.83. The zero-order valence-electron chi connectivity index (χ0n) is 17.3. The van der Waals surface area contributed by atoms with Gasteiger partial charge >= 0.3 is 12.1 Å². The van der Waals surface area contributed by atoms with Gasteiger partial charge in [0.05, 0.1) is 9.79 Å². The summed E-state index contributed by atoms with van der Waals surface area (Å²) >= 11 is 0. The first kappa shape index (κ1) is 25.1. The van der Waals surface area contributed by atoms with Gasteiger partial charge in [-0.25, -0.2) is 35.0 Å². The largest absolute Gasteiger partial charge is 0.351 e. The van der Waals surface area contributed by atoms with Gasteiger partial charge < -0.3 is 11.5 Å². The number of urea groups is 2. The molecule has 0 spiro atoms. The molecule has 0 aliphatic heterocycles. The van der Waals surface area contributed by atoms with Crippen LogP contribution in [-0.4, -0.2) is 50.6 Å². The Labute approximate surface area is 187 Å². The Kier molecular flexibility index (Phi) is 8.61. The first-order valence-corrected chi connectivity index (χ1v) is 12.7. The van der Waals surface area contributed by atoms with Gasteiger partial charge in [-0.15, -0.1) is 0 Å². The molecule has 0 atom stereocenters. The minimum atomic E-state index is -4.06. The maximum atomic E-state index is 12.6. The van der Waals surface area contributed by atoms with E-state index in [1.807, 2.05) is 0 Å². The van der Waals surface area contributed by atoms with E-state index in [-0.39, 0.29) is 22.9 Å². The van der Waals surface area contributed by atoms with Crippen LogP contribution >= 0.6 is 0 Å². The maximum absolute atomic E-state index is 12.6. The Morgan fingerprint density at radius 2 is 0.906 bits per heavy atom. The van der Waals surface area contributed by atoms with Crippen LogP contribution in [0.15, 0.2) is 70.5 Å². The van der Waals surface area contributed by atoms with E-state index in [1.54, 1.807) is 36.4 Å². The zero-order valence-corrected chi connectivity index (χ0v) is 19.0. The quantitative estimate of drug-likeness (QED) is 0.466. The summed E-state index contributed by atoms with van der Waals surface area (Å²) in [6.45, 7) is -0.233. The van der Waals surface area contributed by atoms with E-state index in [4.69, 9.17) is 11.5 Å². The molecule has 0 fully saturated rings. The number of benzene rings is 2. The molecule has 0 unspecified atom stereocenters. The number of primary amides is 2. The summed E-state index contributed by atoms with van der Waals surface area (Å²) in [6.07, 6.45) is 1.59. The van der Waals surface area contributed by atoms with Crippen LogP contribution in [-0.2, 0) is 20.0 Å². The smallest absolute Gasteiger partial charge is 0.328 e. The van der Waals surface area contributed by atoms with E-state index in [1.165, 1.54) is 24.3 Å². The number of hydrogen-bond acceptors (Lipinski definition) is 6. The lowest BCUT2D eigenvalue weighted by molar-refractivity contribution is 0.229. The molecule has 12 heteroatoms. The average molecular weight is 483 g/mol. The third-order valence-electron chi connectivity index (χ3n) is 4.63. The van der Waals surface area contributed by atoms with Crippen LogP contribution in [0.3, 0.4) is 0 Å². The number of sulfonamides is 2. The van der Waals surface area contributed by atoms with Crippen molar-refractivity contribution in [1.82, 2.24) is 8.61 Å². The fourth-order valence-corrected chi connectivity index (χ4v) is 5.73. The number of nitrogens with two attached hydrogens (primary N) is 2. The monoisotopic (exact) mass is 482 g/mol. The predicted octanol–water partition coefficient (Wildman–Crippen LogP) is 2.09. The van der Waals surface area contributed by atoms with Gasteiger partial charge in [0.25, 0.3) is 20.0 Å². The minimum Gasteiger partial charge on any atom is -0.351 e. The molecule has 0 saturated heterocycles. The summed E-state index contributed by atoms with van der Waals surface area (Å²) in [4.78, 5) is 23.3. The van der Waals surface area contributed by atoms with Crippen LogP contribution in [0.2, 0.25) is 0 Å². The summed E-state index contributed by atoms with van der Waals surface area (Å²) in [5.74, 6) is 0. The molecule has 2 aromatic carbocycles. The molecule has 2 rings (SSSR count). The van der Waals surface area contributed by atoms with Crippen LogP contribution in [0.4, 0.5) is 9.59 Å².